The Hall–Kier alpha value is -4.64. The van der Waals surface area contributed by atoms with Gasteiger partial charge in [-0.1, -0.05) is 0 Å². The van der Waals surface area contributed by atoms with Crippen molar-refractivity contribution >= 4 is 17.3 Å². The first-order valence-electron chi connectivity index (χ1n) is 14.8. The molecule has 11 nitrogen and oxygen atoms in total. The van der Waals surface area contributed by atoms with Crippen LogP contribution in [0, 0.1) is 13.8 Å². The summed E-state index contributed by atoms with van der Waals surface area (Å²) in [7, 11) is 0. The number of hydrogen-bond acceptors (Lipinski definition) is 9. The first-order valence-corrected chi connectivity index (χ1v) is 14.8. The summed E-state index contributed by atoms with van der Waals surface area (Å²) in [4.78, 5) is 28.4. The lowest BCUT2D eigenvalue weighted by Crippen LogP contribution is -2.43. The number of aromatic nitrogens is 8. The van der Waals surface area contributed by atoms with E-state index in [0.29, 0.717) is 18.0 Å². The first-order chi connectivity index (χ1) is 20.8. The van der Waals surface area contributed by atoms with Gasteiger partial charge in [-0.05, 0) is 77.9 Å². The van der Waals surface area contributed by atoms with Gasteiger partial charge in [-0.15, -0.1) is 0 Å². The van der Waals surface area contributed by atoms with Crippen molar-refractivity contribution in [1.29, 1.82) is 0 Å². The predicted molar refractivity (Wildman–Crippen MR) is 172 cm³/mol. The number of anilines is 3. The van der Waals surface area contributed by atoms with Crippen molar-refractivity contribution in [3.8, 4) is 22.8 Å². The highest BCUT2D eigenvalue weighted by Crippen LogP contribution is 2.25. The van der Waals surface area contributed by atoms with Gasteiger partial charge in [0.2, 0.25) is 5.95 Å². The van der Waals surface area contributed by atoms with Crippen LogP contribution in [0.2, 0.25) is 0 Å². The molecule has 0 aliphatic carbocycles. The number of imidazole rings is 2. The molecular formula is C32H41N11. The quantitative estimate of drug-likeness (QED) is 0.254. The molecule has 5 heterocycles. The molecule has 0 radical (unpaired) electrons. The molecule has 0 amide bonds. The van der Waals surface area contributed by atoms with Crippen LogP contribution in [0.5, 0.6) is 0 Å². The molecule has 43 heavy (non-hydrogen) atoms. The van der Waals surface area contributed by atoms with Gasteiger partial charge in [-0.25, -0.2) is 29.9 Å². The largest absolute Gasteiger partial charge is 0.369 e. The molecule has 2 N–H and O–H groups in total. The maximum atomic E-state index is 4.71. The minimum atomic E-state index is 0.321. The van der Waals surface area contributed by atoms with E-state index in [2.05, 4.69) is 102 Å². The van der Waals surface area contributed by atoms with Crippen LogP contribution in [-0.2, 0) is 0 Å². The Morgan fingerprint density at radius 1 is 0.721 bits per heavy atom. The summed E-state index contributed by atoms with van der Waals surface area (Å²) in [5.41, 5.74) is 6.06. The number of benzene rings is 1. The number of nitrogens with zero attached hydrogens (tertiary/aromatic N) is 9. The minimum Gasteiger partial charge on any atom is -0.369 e. The molecule has 6 rings (SSSR count). The average Bonchev–Trinajstić information content (AvgIpc) is 3.61. The lowest BCUT2D eigenvalue weighted by Gasteiger charge is -2.29. The van der Waals surface area contributed by atoms with Crippen molar-refractivity contribution in [2.75, 3.05) is 36.4 Å². The molecule has 1 fully saturated rings. The van der Waals surface area contributed by atoms with E-state index >= 15 is 0 Å². The van der Waals surface area contributed by atoms with E-state index in [4.69, 9.17) is 4.98 Å². The van der Waals surface area contributed by atoms with E-state index in [0.717, 1.165) is 66.3 Å². The third kappa shape index (κ3) is 7.06. The maximum Gasteiger partial charge on any atom is 0.227 e. The van der Waals surface area contributed by atoms with Crippen molar-refractivity contribution in [1.82, 2.24) is 44.4 Å². The van der Waals surface area contributed by atoms with Gasteiger partial charge in [0.25, 0.3) is 0 Å². The number of aryl methyl sites for hydroxylation is 2. The lowest BCUT2D eigenvalue weighted by atomic mass is 10.2. The highest BCUT2D eigenvalue weighted by atomic mass is 15.2. The molecule has 11 heteroatoms. The molecule has 1 saturated heterocycles. The molecule has 1 aliphatic rings. The standard InChI is InChI=1S/C21H27N7.C11H14N4/c1-15(2)28-16(3)24-14-20(28)19-8-9-23-21(26-19)25-17-4-6-18(7-5-17)27-12-10-22-11-13-27;1-8(2)15-9(3)13-6-11(15)10-4-5-12-7-14-10/h4-9,14-15,22H,10-13H2,1-3H3,(H,23,25,26);4-8H,1-3H3. The van der Waals surface area contributed by atoms with Crippen LogP contribution in [-0.4, -0.2) is 65.2 Å². The molecule has 1 aliphatic heterocycles. The van der Waals surface area contributed by atoms with Gasteiger partial charge < -0.3 is 24.7 Å². The van der Waals surface area contributed by atoms with Crippen molar-refractivity contribution in [3.05, 3.63) is 79.2 Å². The van der Waals surface area contributed by atoms with Crippen molar-refractivity contribution in [3.63, 3.8) is 0 Å². The van der Waals surface area contributed by atoms with Crippen LogP contribution < -0.4 is 15.5 Å². The van der Waals surface area contributed by atoms with Crippen molar-refractivity contribution < 1.29 is 0 Å². The summed E-state index contributed by atoms with van der Waals surface area (Å²) in [6.07, 6.45) is 8.83. The maximum absolute atomic E-state index is 4.71. The average molecular weight is 580 g/mol. The molecule has 0 saturated carbocycles. The number of hydrogen-bond donors (Lipinski definition) is 2. The smallest absolute Gasteiger partial charge is 0.227 e. The summed E-state index contributed by atoms with van der Waals surface area (Å²) < 4.78 is 4.36. The fraction of sp³-hybridized carbons (Fsp3) is 0.375. The third-order valence-corrected chi connectivity index (χ3v) is 7.36. The molecule has 1 aromatic carbocycles. The van der Waals surface area contributed by atoms with E-state index in [9.17, 15) is 0 Å². The summed E-state index contributed by atoms with van der Waals surface area (Å²) in [5.74, 6) is 2.59. The second-order valence-electron chi connectivity index (χ2n) is 11.1. The highest BCUT2D eigenvalue weighted by Gasteiger charge is 2.15. The molecule has 224 valence electrons. The van der Waals surface area contributed by atoms with E-state index in [-0.39, 0.29) is 0 Å². The predicted octanol–water partition coefficient (Wildman–Crippen LogP) is 5.61. The molecule has 0 spiro atoms. The topological polar surface area (TPSA) is 114 Å². The lowest BCUT2D eigenvalue weighted by molar-refractivity contribution is 0.587. The molecule has 0 atom stereocenters. The molecule has 0 unspecified atom stereocenters. The van der Waals surface area contributed by atoms with Gasteiger partial charge in [0.1, 0.15) is 18.0 Å². The fourth-order valence-corrected chi connectivity index (χ4v) is 5.40. The van der Waals surface area contributed by atoms with Crippen LogP contribution in [0.15, 0.2) is 67.5 Å². The van der Waals surface area contributed by atoms with Gasteiger partial charge in [-0.3, -0.25) is 0 Å². The van der Waals surface area contributed by atoms with Crippen LogP contribution in [0.25, 0.3) is 22.8 Å². The Labute approximate surface area is 253 Å². The minimum absolute atomic E-state index is 0.321. The summed E-state index contributed by atoms with van der Waals surface area (Å²) >= 11 is 0. The highest BCUT2D eigenvalue weighted by molar-refractivity contribution is 5.62. The molecular weight excluding hydrogens is 538 g/mol. The summed E-state index contributed by atoms with van der Waals surface area (Å²) in [6, 6.07) is 13.0. The SMILES string of the molecule is Cc1ncc(-c2ccnc(Nc3ccc(N4CCNCC4)cc3)n2)n1C(C)C.Cc1ncc(-c2ccncn2)n1C(C)C. The van der Waals surface area contributed by atoms with Crippen molar-refractivity contribution in [2.24, 2.45) is 0 Å². The van der Waals surface area contributed by atoms with Crippen LogP contribution in [0.3, 0.4) is 0 Å². The van der Waals surface area contributed by atoms with E-state index < -0.39 is 0 Å². The number of rotatable bonds is 7. The number of piperazine rings is 1. The van der Waals surface area contributed by atoms with Gasteiger partial charge in [-0.2, -0.15) is 0 Å². The van der Waals surface area contributed by atoms with Gasteiger partial charge >= 0.3 is 0 Å². The second kappa shape index (κ2) is 13.6. The molecule has 0 bridgehead atoms. The van der Waals surface area contributed by atoms with Crippen LogP contribution in [0.1, 0.15) is 51.4 Å². The summed E-state index contributed by atoms with van der Waals surface area (Å²) in [6.45, 7) is 16.8. The zero-order chi connectivity index (χ0) is 30.3. The normalized spacial score (nSPS) is 13.3. The van der Waals surface area contributed by atoms with Crippen LogP contribution in [0.4, 0.5) is 17.3 Å². The zero-order valence-electron chi connectivity index (χ0n) is 25.9. The second-order valence-corrected chi connectivity index (χ2v) is 11.1. The third-order valence-electron chi connectivity index (χ3n) is 7.36. The van der Waals surface area contributed by atoms with Crippen LogP contribution >= 0.6 is 0 Å². The Bertz CT molecular complexity index is 1600. The Balaban J connectivity index is 0.000000207. The Morgan fingerprint density at radius 2 is 1.33 bits per heavy atom. The fourth-order valence-electron chi connectivity index (χ4n) is 5.40. The van der Waals surface area contributed by atoms with Crippen molar-refractivity contribution in [2.45, 2.75) is 53.6 Å². The first kappa shape index (κ1) is 29.8. The van der Waals surface area contributed by atoms with E-state index in [1.54, 1.807) is 18.7 Å². The Morgan fingerprint density at radius 3 is 1.91 bits per heavy atom. The van der Waals surface area contributed by atoms with Gasteiger partial charge in [0.15, 0.2) is 0 Å². The van der Waals surface area contributed by atoms with Gasteiger partial charge in [0, 0.05) is 62.0 Å². The number of nitrogens with one attached hydrogen (secondary N) is 2. The monoisotopic (exact) mass is 579 g/mol. The molecule has 5 aromatic rings. The summed E-state index contributed by atoms with van der Waals surface area (Å²) in [5, 5.41) is 6.70. The zero-order valence-corrected chi connectivity index (χ0v) is 25.9. The Kier molecular flexibility index (Phi) is 9.41. The van der Waals surface area contributed by atoms with E-state index in [1.807, 2.05) is 38.4 Å². The molecule has 4 aromatic heterocycles. The van der Waals surface area contributed by atoms with E-state index in [1.165, 1.54) is 5.69 Å². The van der Waals surface area contributed by atoms with Gasteiger partial charge in [0.05, 0.1) is 35.2 Å².